The molecule has 2 rings (SSSR count). The zero-order chi connectivity index (χ0) is 12.3. The number of methoxy groups -OCH3 is 1. The molecule has 1 atom stereocenters. The summed E-state index contributed by atoms with van der Waals surface area (Å²) in [4.78, 5) is 1.40. The average Bonchev–Trinajstić information content (AvgIpc) is 2.98. The Balaban J connectivity index is 1.80. The number of hydrogen-bond donors (Lipinski definition) is 1. The summed E-state index contributed by atoms with van der Waals surface area (Å²) in [6.07, 6.45) is 3.89. The van der Waals surface area contributed by atoms with Crippen LogP contribution >= 0.6 is 27.3 Å². The average molecular weight is 318 g/mol. The smallest absolute Gasteiger partial charge is 0.0468 e. The SMILES string of the molecule is COCCC1(CNC(C)c2sccc2Br)CC1. The van der Waals surface area contributed by atoms with Gasteiger partial charge in [0.1, 0.15) is 0 Å². The Bertz CT molecular complexity index is 362. The fraction of sp³-hybridized carbons (Fsp3) is 0.692. The van der Waals surface area contributed by atoms with E-state index >= 15 is 0 Å². The summed E-state index contributed by atoms with van der Waals surface area (Å²) in [6.45, 7) is 4.24. The van der Waals surface area contributed by atoms with Crippen LogP contribution < -0.4 is 5.32 Å². The third-order valence-corrected chi connectivity index (χ3v) is 5.67. The van der Waals surface area contributed by atoms with E-state index in [1.54, 1.807) is 7.11 Å². The highest BCUT2D eigenvalue weighted by molar-refractivity contribution is 9.10. The topological polar surface area (TPSA) is 21.3 Å². The van der Waals surface area contributed by atoms with E-state index in [0.29, 0.717) is 11.5 Å². The predicted molar refractivity (Wildman–Crippen MR) is 76.6 cm³/mol. The molecule has 0 bridgehead atoms. The molecule has 1 saturated carbocycles. The van der Waals surface area contributed by atoms with E-state index in [4.69, 9.17) is 4.74 Å². The van der Waals surface area contributed by atoms with Crippen LogP contribution in [0.2, 0.25) is 0 Å². The maximum atomic E-state index is 5.18. The minimum absolute atomic E-state index is 0.435. The van der Waals surface area contributed by atoms with E-state index in [9.17, 15) is 0 Å². The molecule has 1 aromatic rings. The minimum Gasteiger partial charge on any atom is -0.385 e. The molecule has 0 amide bonds. The van der Waals surface area contributed by atoms with Gasteiger partial charge in [0.15, 0.2) is 0 Å². The molecule has 4 heteroatoms. The largest absolute Gasteiger partial charge is 0.385 e. The van der Waals surface area contributed by atoms with Crippen LogP contribution in [0.1, 0.15) is 37.1 Å². The van der Waals surface area contributed by atoms with Crippen molar-refractivity contribution >= 4 is 27.3 Å². The van der Waals surface area contributed by atoms with Gasteiger partial charge in [-0.25, -0.2) is 0 Å². The number of hydrogen-bond acceptors (Lipinski definition) is 3. The number of nitrogens with one attached hydrogen (secondary N) is 1. The van der Waals surface area contributed by atoms with Crippen molar-refractivity contribution in [2.45, 2.75) is 32.2 Å². The van der Waals surface area contributed by atoms with Gasteiger partial charge in [-0.3, -0.25) is 0 Å². The van der Waals surface area contributed by atoms with Crippen molar-refractivity contribution in [2.24, 2.45) is 5.41 Å². The molecule has 0 aliphatic heterocycles. The zero-order valence-corrected chi connectivity index (χ0v) is 12.9. The van der Waals surface area contributed by atoms with E-state index in [1.807, 2.05) is 11.3 Å². The van der Waals surface area contributed by atoms with E-state index in [-0.39, 0.29) is 0 Å². The second-order valence-corrected chi connectivity index (χ2v) is 6.78. The molecule has 0 aromatic carbocycles. The fourth-order valence-corrected chi connectivity index (χ4v) is 3.84. The first-order valence-electron chi connectivity index (χ1n) is 6.12. The van der Waals surface area contributed by atoms with Gasteiger partial charge in [0.2, 0.25) is 0 Å². The molecule has 1 fully saturated rings. The highest BCUT2D eigenvalue weighted by Crippen LogP contribution is 2.48. The third kappa shape index (κ3) is 3.53. The maximum Gasteiger partial charge on any atom is 0.0468 e. The van der Waals surface area contributed by atoms with Crippen LogP contribution in [0, 0.1) is 5.41 Å². The van der Waals surface area contributed by atoms with E-state index in [1.165, 1.54) is 28.6 Å². The molecule has 0 radical (unpaired) electrons. The molecule has 1 unspecified atom stereocenters. The van der Waals surface area contributed by atoms with Crippen LogP contribution in [-0.4, -0.2) is 20.3 Å². The van der Waals surface area contributed by atoms with Crippen LogP contribution in [0.5, 0.6) is 0 Å². The summed E-state index contributed by atoms with van der Waals surface area (Å²) in [6, 6.07) is 2.56. The van der Waals surface area contributed by atoms with Crippen molar-refractivity contribution in [1.29, 1.82) is 0 Å². The monoisotopic (exact) mass is 317 g/mol. The summed E-state index contributed by atoms with van der Waals surface area (Å²) >= 11 is 5.41. The van der Waals surface area contributed by atoms with Crippen molar-refractivity contribution in [3.8, 4) is 0 Å². The van der Waals surface area contributed by atoms with Crippen molar-refractivity contribution in [3.63, 3.8) is 0 Å². The van der Waals surface area contributed by atoms with E-state index in [0.717, 1.165) is 13.2 Å². The lowest BCUT2D eigenvalue weighted by Gasteiger charge is -2.19. The van der Waals surface area contributed by atoms with Crippen LogP contribution in [0.15, 0.2) is 15.9 Å². The van der Waals surface area contributed by atoms with Gasteiger partial charge in [0.05, 0.1) is 0 Å². The quantitative estimate of drug-likeness (QED) is 0.821. The Morgan fingerprint density at radius 2 is 2.35 bits per heavy atom. The molecule has 1 aliphatic carbocycles. The van der Waals surface area contributed by atoms with Crippen LogP contribution in [0.25, 0.3) is 0 Å². The third-order valence-electron chi connectivity index (χ3n) is 3.61. The minimum atomic E-state index is 0.435. The van der Waals surface area contributed by atoms with Gasteiger partial charge in [0, 0.05) is 35.7 Å². The van der Waals surface area contributed by atoms with Crippen molar-refractivity contribution in [3.05, 3.63) is 20.8 Å². The van der Waals surface area contributed by atoms with Crippen molar-refractivity contribution in [1.82, 2.24) is 5.32 Å². The van der Waals surface area contributed by atoms with Gasteiger partial charge >= 0.3 is 0 Å². The summed E-state index contributed by atoms with van der Waals surface area (Å²) < 4.78 is 6.41. The summed E-state index contributed by atoms with van der Waals surface area (Å²) in [5.74, 6) is 0. The first kappa shape index (κ1) is 13.5. The van der Waals surface area contributed by atoms with E-state index in [2.05, 4.69) is 39.6 Å². The lowest BCUT2D eigenvalue weighted by molar-refractivity contribution is 0.170. The molecular weight excluding hydrogens is 298 g/mol. The molecule has 96 valence electrons. The predicted octanol–water partition coefficient (Wildman–Crippen LogP) is 3.98. The Kier molecular flexibility index (Phi) is 4.64. The maximum absolute atomic E-state index is 5.18. The van der Waals surface area contributed by atoms with Gasteiger partial charge in [0.25, 0.3) is 0 Å². The lowest BCUT2D eigenvalue weighted by atomic mass is 10.0. The van der Waals surface area contributed by atoms with Gasteiger partial charge in [-0.05, 0) is 59.0 Å². The number of halogens is 1. The zero-order valence-electron chi connectivity index (χ0n) is 10.5. The van der Waals surface area contributed by atoms with Crippen molar-refractivity contribution in [2.75, 3.05) is 20.3 Å². The molecule has 1 N–H and O–H groups in total. The van der Waals surface area contributed by atoms with Crippen LogP contribution in [0.4, 0.5) is 0 Å². The second kappa shape index (κ2) is 5.83. The van der Waals surface area contributed by atoms with Gasteiger partial charge < -0.3 is 10.1 Å². The molecular formula is C13H20BrNOS. The Hall–Kier alpha value is 0.100. The fourth-order valence-electron chi connectivity index (χ4n) is 2.09. The number of rotatable bonds is 7. The summed E-state index contributed by atoms with van der Waals surface area (Å²) in [5.41, 5.74) is 0.522. The molecule has 17 heavy (non-hydrogen) atoms. The van der Waals surface area contributed by atoms with E-state index < -0.39 is 0 Å². The Labute approximate surface area is 116 Å². The molecule has 2 nitrogen and oxygen atoms in total. The van der Waals surface area contributed by atoms with Crippen molar-refractivity contribution < 1.29 is 4.74 Å². The first-order chi connectivity index (χ1) is 8.17. The Morgan fingerprint density at radius 3 is 2.88 bits per heavy atom. The lowest BCUT2D eigenvalue weighted by Crippen LogP contribution is -2.27. The molecule has 0 saturated heterocycles. The summed E-state index contributed by atoms with van der Waals surface area (Å²) in [5, 5.41) is 5.80. The van der Waals surface area contributed by atoms with Gasteiger partial charge in [-0.1, -0.05) is 0 Å². The van der Waals surface area contributed by atoms with Crippen LogP contribution in [0.3, 0.4) is 0 Å². The second-order valence-electron chi connectivity index (χ2n) is 4.98. The number of thiophene rings is 1. The molecule has 1 heterocycles. The molecule has 1 aromatic heterocycles. The summed E-state index contributed by atoms with van der Waals surface area (Å²) in [7, 11) is 1.79. The Morgan fingerprint density at radius 1 is 1.59 bits per heavy atom. The molecule has 0 spiro atoms. The molecule has 1 aliphatic rings. The first-order valence-corrected chi connectivity index (χ1v) is 7.79. The van der Waals surface area contributed by atoms with Crippen LogP contribution in [-0.2, 0) is 4.74 Å². The highest BCUT2D eigenvalue weighted by atomic mass is 79.9. The highest BCUT2D eigenvalue weighted by Gasteiger charge is 2.41. The van der Waals surface area contributed by atoms with Gasteiger partial charge in [-0.15, -0.1) is 11.3 Å². The van der Waals surface area contributed by atoms with Gasteiger partial charge in [-0.2, -0.15) is 0 Å². The number of ether oxygens (including phenoxy) is 1. The standard InChI is InChI=1S/C13H20BrNOS/c1-10(12-11(14)3-8-17-12)15-9-13(4-5-13)6-7-16-2/h3,8,10,15H,4-7,9H2,1-2H3. The normalized spacial score (nSPS) is 19.2.